The molecule has 5 N–H and O–H groups in total. The first kappa shape index (κ1) is 20.0. The zero-order valence-corrected chi connectivity index (χ0v) is 15.5. The molecule has 4 atom stereocenters. The molecule has 1 aliphatic rings. The van der Waals surface area contributed by atoms with Crippen molar-refractivity contribution in [1.29, 1.82) is 0 Å². The Balaban J connectivity index is 2.10. The Labute approximate surface area is 160 Å². The van der Waals surface area contributed by atoms with Crippen molar-refractivity contribution in [3.63, 3.8) is 0 Å². The monoisotopic (exact) mass is 390 g/mol. The van der Waals surface area contributed by atoms with E-state index in [1.165, 1.54) is 24.0 Å². The molecule has 0 amide bonds. The quantitative estimate of drug-likeness (QED) is 0.393. The van der Waals surface area contributed by atoms with E-state index in [0.29, 0.717) is 16.6 Å². The van der Waals surface area contributed by atoms with Gasteiger partial charge in [-0.3, -0.25) is 0 Å². The number of hydrogen-bond donors (Lipinski definition) is 4. The summed E-state index contributed by atoms with van der Waals surface area (Å²) in [6.45, 7) is 3.09. The number of nitrogens with zero attached hydrogens (tertiary/aromatic N) is 3. The number of hydrogen-bond acceptors (Lipinski definition) is 9. The van der Waals surface area contributed by atoms with Crippen molar-refractivity contribution < 1.29 is 29.6 Å². The van der Waals surface area contributed by atoms with Gasteiger partial charge in [0.2, 0.25) is 0 Å². The molecule has 0 radical (unpaired) electrons. The molecule has 1 saturated heterocycles. The SMILES string of the molecule is CCOC(=O)C#Cc1cn(C2OC(CCO)C(O)[C@@]2(C)O)c2ncnc(N)c12. The number of esters is 1. The van der Waals surface area contributed by atoms with Crippen LogP contribution in [0.3, 0.4) is 0 Å². The molecule has 2 aromatic rings. The van der Waals surface area contributed by atoms with Crippen LogP contribution in [-0.2, 0) is 14.3 Å². The van der Waals surface area contributed by atoms with Gasteiger partial charge in [-0.15, -0.1) is 0 Å². The van der Waals surface area contributed by atoms with E-state index in [1.807, 2.05) is 0 Å². The van der Waals surface area contributed by atoms with E-state index in [0.717, 1.165) is 0 Å². The number of aromatic nitrogens is 3. The van der Waals surface area contributed by atoms with Gasteiger partial charge in [-0.1, -0.05) is 5.92 Å². The summed E-state index contributed by atoms with van der Waals surface area (Å²) in [5.41, 5.74) is 4.97. The van der Waals surface area contributed by atoms with Crippen LogP contribution in [0.25, 0.3) is 11.0 Å². The topological polar surface area (TPSA) is 153 Å². The molecule has 0 saturated carbocycles. The molecule has 150 valence electrons. The highest BCUT2D eigenvalue weighted by Crippen LogP contribution is 2.41. The predicted octanol–water partition coefficient (Wildman–Crippen LogP) is -0.680. The number of anilines is 1. The maximum Gasteiger partial charge on any atom is 0.384 e. The molecule has 0 bridgehead atoms. The fraction of sp³-hybridized carbons (Fsp3) is 0.500. The van der Waals surface area contributed by atoms with E-state index in [1.54, 1.807) is 6.92 Å². The number of aliphatic hydroxyl groups excluding tert-OH is 2. The van der Waals surface area contributed by atoms with Crippen LogP contribution in [0.2, 0.25) is 0 Å². The molecule has 0 aromatic carbocycles. The van der Waals surface area contributed by atoms with Crippen molar-refractivity contribution in [2.24, 2.45) is 0 Å². The van der Waals surface area contributed by atoms with Gasteiger partial charge in [0.05, 0.1) is 23.7 Å². The largest absolute Gasteiger partial charge is 0.456 e. The molecule has 10 nitrogen and oxygen atoms in total. The van der Waals surface area contributed by atoms with Crippen LogP contribution in [0, 0.1) is 11.8 Å². The predicted molar refractivity (Wildman–Crippen MR) is 97.7 cm³/mol. The van der Waals surface area contributed by atoms with Crippen molar-refractivity contribution >= 4 is 22.8 Å². The molecule has 1 fully saturated rings. The van der Waals surface area contributed by atoms with Crippen LogP contribution in [0.5, 0.6) is 0 Å². The Kier molecular flexibility index (Phi) is 5.53. The van der Waals surface area contributed by atoms with Crippen LogP contribution in [-0.4, -0.2) is 66.8 Å². The number of carbonyl (C=O) groups is 1. The third kappa shape index (κ3) is 3.41. The minimum atomic E-state index is -1.67. The summed E-state index contributed by atoms with van der Waals surface area (Å²) in [7, 11) is 0. The summed E-state index contributed by atoms with van der Waals surface area (Å²) < 4.78 is 12.1. The molecule has 2 aromatic heterocycles. The van der Waals surface area contributed by atoms with Crippen molar-refractivity contribution in [2.45, 2.75) is 44.3 Å². The van der Waals surface area contributed by atoms with Crippen LogP contribution >= 0.6 is 0 Å². The van der Waals surface area contributed by atoms with E-state index in [9.17, 15) is 20.1 Å². The first-order valence-electron chi connectivity index (χ1n) is 8.77. The number of nitrogen functional groups attached to an aromatic ring is 1. The molecule has 3 rings (SSSR count). The number of carbonyl (C=O) groups excluding carboxylic acids is 1. The van der Waals surface area contributed by atoms with Crippen LogP contribution in [0.1, 0.15) is 32.1 Å². The Morgan fingerprint density at radius 1 is 1.50 bits per heavy atom. The zero-order valence-electron chi connectivity index (χ0n) is 15.5. The summed E-state index contributed by atoms with van der Waals surface area (Å²) in [4.78, 5) is 19.7. The summed E-state index contributed by atoms with van der Waals surface area (Å²) in [6.07, 6.45) is -0.0865. The van der Waals surface area contributed by atoms with E-state index >= 15 is 0 Å². The summed E-state index contributed by atoms with van der Waals surface area (Å²) in [5.74, 6) is 4.49. The second kappa shape index (κ2) is 7.73. The van der Waals surface area contributed by atoms with Crippen molar-refractivity contribution in [2.75, 3.05) is 18.9 Å². The number of nitrogens with two attached hydrogens (primary N) is 1. The minimum absolute atomic E-state index is 0.141. The molecule has 28 heavy (non-hydrogen) atoms. The van der Waals surface area contributed by atoms with Gasteiger partial charge in [-0.05, 0) is 20.3 Å². The smallest absolute Gasteiger partial charge is 0.384 e. The zero-order chi connectivity index (χ0) is 20.5. The van der Waals surface area contributed by atoms with Gasteiger partial charge in [-0.25, -0.2) is 14.8 Å². The molecular formula is C18H22N4O6. The van der Waals surface area contributed by atoms with Gasteiger partial charge in [0.15, 0.2) is 6.23 Å². The molecule has 3 heterocycles. The molecule has 3 unspecified atom stereocenters. The summed E-state index contributed by atoms with van der Waals surface area (Å²) in [6, 6.07) is 0. The fourth-order valence-electron chi connectivity index (χ4n) is 3.27. The Hall–Kier alpha value is -2.71. The Morgan fingerprint density at radius 2 is 2.25 bits per heavy atom. The molecule has 0 spiro atoms. The van der Waals surface area contributed by atoms with Crippen molar-refractivity contribution in [1.82, 2.24) is 14.5 Å². The van der Waals surface area contributed by atoms with Gasteiger partial charge < -0.3 is 35.1 Å². The third-order valence-corrected chi connectivity index (χ3v) is 4.63. The lowest BCUT2D eigenvalue weighted by Crippen LogP contribution is -2.43. The minimum Gasteiger partial charge on any atom is -0.456 e. The first-order chi connectivity index (χ1) is 13.3. The molecule has 0 aliphatic carbocycles. The number of ether oxygens (including phenoxy) is 2. The highest BCUT2D eigenvalue weighted by atomic mass is 16.6. The van der Waals surface area contributed by atoms with E-state index in [-0.39, 0.29) is 25.5 Å². The lowest BCUT2D eigenvalue weighted by atomic mass is 9.95. The Morgan fingerprint density at radius 3 is 2.93 bits per heavy atom. The van der Waals surface area contributed by atoms with Gasteiger partial charge in [-0.2, -0.15) is 0 Å². The summed E-state index contributed by atoms with van der Waals surface area (Å²) in [5, 5.41) is 30.8. The third-order valence-electron chi connectivity index (χ3n) is 4.63. The molecule has 1 aliphatic heterocycles. The van der Waals surface area contributed by atoms with Gasteiger partial charge >= 0.3 is 5.97 Å². The normalized spacial score (nSPS) is 26.8. The fourth-order valence-corrected chi connectivity index (χ4v) is 3.27. The second-order valence-electron chi connectivity index (χ2n) is 6.59. The maximum absolute atomic E-state index is 11.6. The van der Waals surface area contributed by atoms with Gasteiger partial charge in [0, 0.05) is 18.7 Å². The van der Waals surface area contributed by atoms with E-state index < -0.39 is 30.0 Å². The van der Waals surface area contributed by atoms with Gasteiger partial charge in [0.1, 0.15) is 29.5 Å². The Bertz CT molecular complexity index is 945. The lowest BCUT2D eigenvalue weighted by molar-refractivity contribution is -0.136. The van der Waals surface area contributed by atoms with E-state index in [2.05, 4.69) is 21.8 Å². The van der Waals surface area contributed by atoms with Gasteiger partial charge in [0.25, 0.3) is 0 Å². The molecular weight excluding hydrogens is 368 g/mol. The number of aliphatic hydroxyl groups is 3. The van der Waals surface area contributed by atoms with E-state index in [4.69, 9.17) is 15.2 Å². The highest BCUT2D eigenvalue weighted by molar-refractivity contribution is 5.95. The average Bonchev–Trinajstić information content (AvgIpc) is 3.12. The van der Waals surface area contributed by atoms with Crippen molar-refractivity contribution in [3.8, 4) is 11.8 Å². The standard InChI is InChI=1S/C18H22N4O6/c1-3-27-12(24)5-4-10-8-22(16-13(10)15(19)20-9-21-16)17-18(2,26)14(25)11(28-17)6-7-23/h8-9,11,14,17,23,25-26H,3,6-7H2,1-2H3,(H2,19,20,21)/t11?,14?,17?,18-/m1/s1. The molecule has 10 heteroatoms. The second-order valence-corrected chi connectivity index (χ2v) is 6.59. The van der Waals surface area contributed by atoms with Crippen LogP contribution < -0.4 is 5.73 Å². The number of fused-ring (bicyclic) bond motifs is 1. The summed E-state index contributed by atoms with van der Waals surface area (Å²) >= 11 is 0. The van der Waals surface area contributed by atoms with Crippen LogP contribution in [0.15, 0.2) is 12.5 Å². The average molecular weight is 390 g/mol. The highest BCUT2D eigenvalue weighted by Gasteiger charge is 2.53. The van der Waals surface area contributed by atoms with Crippen LogP contribution in [0.4, 0.5) is 5.82 Å². The lowest BCUT2D eigenvalue weighted by Gasteiger charge is -2.27. The maximum atomic E-state index is 11.6. The number of rotatable bonds is 4. The van der Waals surface area contributed by atoms with Crippen molar-refractivity contribution in [3.05, 3.63) is 18.1 Å². The first-order valence-corrected chi connectivity index (χ1v) is 8.77.